The number of aromatic carboxylic acids is 1. The first-order chi connectivity index (χ1) is 9.54. The van der Waals surface area contributed by atoms with E-state index in [1.807, 2.05) is 18.2 Å². The molecule has 5 heteroatoms. The standard InChI is InChI=1S/C15H16N2O3/c1-9(2)10-4-5-11(12(8-10)20-3)13-14(15(18)19)17-7-6-16-13/h4-9H,1-3H3,(H,18,19). The van der Waals surface area contributed by atoms with Crippen LogP contribution in [0.4, 0.5) is 0 Å². The Morgan fingerprint density at radius 1 is 1.25 bits per heavy atom. The zero-order valence-corrected chi connectivity index (χ0v) is 11.6. The lowest BCUT2D eigenvalue weighted by molar-refractivity contribution is 0.0691. The van der Waals surface area contributed by atoms with Crippen LogP contribution in [-0.2, 0) is 0 Å². The van der Waals surface area contributed by atoms with Gasteiger partial charge in [0, 0.05) is 18.0 Å². The number of rotatable bonds is 4. The van der Waals surface area contributed by atoms with Gasteiger partial charge in [0.1, 0.15) is 11.4 Å². The maximum Gasteiger partial charge on any atom is 0.356 e. The molecule has 0 saturated carbocycles. The Labute approximate surface area is 117 Å². The first kappa shape index (κ1) is 14.0. The van der Waals surface area contributed by atoms with Crippen molar-refractivity contribution < 1.29 is 14.6 Å². The van der Waals surface area contributed by atoms with E-state index in [9.17, 15) is 9.90 Å². The Kier molecular flexibility index (Phi) is 3.98. The molecule has 0 aliphatic heterocycles. The molecule has 20 heavy (non-hydrogen) atoms. The summed E-state index contributed by atoms with van der Waals surface area (Å²) in [6.45, 7) is 4.17. The Bertz CT molecular complexity index is 639. The number of benzene rings is 1. The van der Waals surface area contributed by atoms with E-state index in [0.29, 0.717) is 22.9 Å². The van der Waals surface area contributed by atoms with Crippen LogP contribution in [0.25, 0.3) is 11.3 Å². The molecule has 0 unspecified atom stereocenters. The van der Waals surface area contributed by atoms with Gasteiger partial charge in [0.2, 0.25) is 0 Å². The van der Waals surface area contributed by atoms with Gasteiger partial charge in [0.15, 0.2) is 5.69 Å². The summed E-state index contributed by atoms with van der Waals surface area (Å²) in [5.41, 5.74) is 1.98. The summed E-state index contributed by atoms with van der Waals surface area (Å²) in [4.78, 5) is 19.2. The maximum absolute atomic E-state index is 11.2. The predicted octanol–water partition coefficient (Wildman–Crippen LogP) is 2.97. The molecule has 0 aliphatic rings. The number of carbonyl (C=O) groups is 1. The molecule has 1 N–H and O–H groups in total. The summed E-state index contributed by atoms with van der Waals surface area (Å²) in [5.74, 6) is -0.152. The van der Waals surface area contributed by atoms with E-state index < -0.39 is 5.97 Å². The van der Waals surface area contributed by atoms with Crippen LogP contribution in [-0.4, -0.2) is 28.2 Å². The molecule has 0 saturated heterocycles. The average Bonchev–Trinajstić information content (AvgIpc) is 2.46. The second kappa shape index (κ2) is 5.69. The third-order valence-electron chi connectivity index (χ3n) is 3.05. The van der Waals surface area contributed by atoms with Gasteiger partial charge in [-0.3, -0.25) is 4.98 Å². The molecule has 0 atom stereocenters. The molecular weight excluding hydrogens is 256 g/mol. The highest BCUT2D eigenvalue weighted by Crippen LogP contribution is 2.32. The van der Waals surface area contributed by atoms with E-state index in [1.54, 1.807) is 7.11 Å². The van der Waals surface area contributed by atoms with E-state index in [1.165, 1.54) is 12.4 Å². The Hall–Kier alpha value is -2.43. The lowest BCUT2D eigenvalue weighted by Gasteiger charge is -2.13. The topological polar surface area (TPSA) is 72.3 Å². The van der Waals surface area contributed by atoms with Crippen LogP contribution in [0.5, 0.6) is 5.75 Å². The minimum absolute atomic E-state index is 0.0805. The first-order valence-electron chi connectivity index (χ1n) is 6.27. The fourth-order valence-electron chi connectivity index (χ4n) is 1.95. The molecule has 1 aromatic carbocycles. The van der Waals surface area contributed by atoms with Crippen LogP contribution in [0.15, 0.2) is 30.6 Å². The third-order valence-corrected chi connectivity index (χ3v) is 3.05. The van der Waals surface area contributed by atoms with Gasteiger partial charge in [0.05, 0.1) is 7.11 Å². The average molecular weight is 272 g/mol. The van der Waals surface area contributed by atoms with Crippen LogP contribution in [0, 0.1) is 0 Å². The lowest BCUT2D eigenvalue weighted by atomic mass is 9.99. The maximum atomic E-state index is 11.2. The molecule has 2 aromatic rings. The van der Waals surface area contributed by atoms with Crippen LogP contribution in [0.3, 0.4) is 0 Å². The number of carboxylic acid groups (broad SMARTS) is 1. The molecule has 0 fully saturated rings. The number of nitrogens with zero attached hydrogens (tertiary/aromatic N) is 2. The zero-order chi connectivity index (χ0) is 14.7. The van der Waals surface area contributed by atoms with E-state index in [-0.39, 0.29) is 5.69 Å². The number of methoxy groups -OCH3 is 1. The fourth-order valence-corrected chi connectivity index (χ4v) is 1.95. The second-order valence-corrected chi connectivity index (χ2v) is 4.67. The SMILES string of the molecule is COc1cc(C(C)C)ccc1-c1nccnc1C(=O)O. The minimum Gasteiger partial charge on any atom is -0.496 e. The van der Waals surface area contributed by atoms with Crippen LogP contribution in [0.2, 0.25) is 0 Å². The molecule has 1 aromatic heterocycles. The smallest absolute Gasteiger partial charge is 0.356 e. The van der Waals surface area contributed by atoms with Crippen molar-refractivity contribution in [3.05, 3.63) is 41.9 Å². The number of hydrogen-bond acceptors (Lipinski definition) is 4. The highest BCUT2D eigenvalue weighted by atomic mass is 16.5. The molecular formula is C15H16N2O3. The summed E-state index contributed by atoms with van der Waals surface area (Å²) < 4.78 is 5.36. The summed E-state index contributed by atoms with van der Waals surface area (Å²) in [6, 6.07) is 5.67. The third kappa shape index (κ3) is 2.61. The monoisotopic (exact) mass is 272 g/mol. The van der Waals surface area contributed by atoms with Gasteiger partial charge >= 0.3 is 5.97 Å². The quantitative estimate of drug-likeness (QED) is 0.926. The molecule has 0 amide bonds. The number of ether oxygens (including phenoxy) is 1. The predicted molar refractivity (Wildman–Crippen MR) is 75.1 cm³/mol. The van der Waals surface area contributed by atoms with Gasteiger partial charge < -0.3 is 9.84 Å². The van der Waals surface area contributed by atoms with Gasteiger partial charge in [-0.2, -0.15) is 0 Å². The normalized spacial score (nSPS) is 10.6. The van der Waals surface area contributed by atoms with Gasteiger partial charge in [-0.05, 0) is 23.6 Å². The molecule has 0 radical (unpaired) electrons. The van der Waals surface area contributed by atoms with Crippen LogP contribution >= 0.6 is 0 Å². The minimum atomic E-state index is -1.11. The van der Waals surface area contributed by atoms with Gasteiger partial charge in [-0.1, -0.05) is 19.9 Å². The Balaban J connectivity index is 2.61. The Morgan fingerprint density at radius 3 is 2.55 bits per heavy atom. The molecule has 0 bridgehead atoms. The van der Waals surface area contributed by atoms with E-state index in [0.717, 1.165) is 5.56 Å². The van der Waals surface area contributed by atoms with Crippen molar-refractivity contribution in [3.8, 4) is 17.0 Å². The van der Waals surface area contributed by atoms with E-state index >= 15 is 0 Å². The van der Waals surface area contributed by atoms with Crippen molar-refractivity contribution in [2.75, 3.05) is 7.11 Å². The highest BCUT2D eigenvalue weighted by molar-refractivity contribution is 5.93. The zero-order valence-electron chi connectivity index (χ0n) is 11.6. The summed E-state index contributed by atoms with van der Waals surface area (Å²) in [7, 11) is 1.56. The molecule has 1 heterocycles. The van der Waals surface area contributed by atoms with E-state index in [2.05, 4.69) is 23.8 Å². The summed E-state index contributed by atoms with van der Waals surface area (Å²) in [6.07, 6.45) is 2.83. The van der Waals surface area contributed by atoms with Crippen LogP contribution < -0.4 is 4.74 Å². The van der Waals surface area contributed by atoms with Crippen molar-refractivity contribution in [1.29, 1.82) is 0 Å². The molecule has 104 valence electrons. The fraction of sp³-hybridized carbons (Fsp3) is 0.267. The van der Waals surface area contributed by atoms with Crippen molar-refractivity contribution >= 4 is 5.97 Å². The lowest BCUT2D eigenvalue weighted by Crippen LogP contribution is -2.05. The van der Waals surface area contributed by atoms with Gasteiger partial charge in [-0.15, -0.1) is 0 Å². The largest absolute Gasteiger partial charge is 0.496 e. The van der Waals surface area contributed by atoms with Crippen molar-refractivity contribution in [2.24, 2.45) is 0 Å². The first-order valence-corrected chi connectivity index (χ1v) is 6.27. The number of carboxylic acids is 1. The van der Waals surface area contributed by atoms with Gasteiger partial charge in [0.25, 0.3) is 0 Å². The summed E-state index contributed by atoms with van der Waals surface area (Å²) in [5, 5.41) is 9.19. The molecule has 5 nitrogen and oxygen atoms in total. The van der Waals surface area contributed by atoms with Gasteiger partial charge in [-0.25, -0.2) is 9.78 Å². The molecule has 0 spiro atoms. The molecule has 2 rings (SSSR count). The van der Waals surface area contributed by atoms with Crippen molar-refractivity contribution in [1.82, 2.24) is 9.97 Å². The van der Waals surface area contributed by atoms with Crippen molar-refractivity contribution in [2.45, 2.75) is 19.8 Å². The van der Waals surface area contributed by atoms with E-state index in [4.69, 9.17) is 4.74 Å². The van der Waals surface area contributed by atoms with Crippen LogP contribution in [0.1, 0.15) is 35.8 Å². The highest BCUT2D eigenvalue weighted by Gasteiger charge is 2.18. The second-order valence-electron chi connectivity index (χ2n) is 4.67. The summed E-state index contributed by atoms with van der Waals surface area (Å²) >= 11 is 0. The number of aromatic nitrogens is 2. The molecule has 0 aliphatic carbocycles. The van der Waals surface area contributed by atoms with Crippen molar-refractivity contribution in [3.63, 3.8) is 0 Å². The number of hydrogen-bond donors (Lipinski definition) is 1. The Morgan fingerprint density at radius 2 is 1.95 bits per heavy atom.